The Kier molecular flexibility index (Phi) is 4.80. The number of amidine groups is 1. The normalized spacial score (nSPS) is 22.0. The van der Waals surface area contributed by atoms with Gasteiger partial charge in [-0.05, 0) is 37.1 Å². The predicted octanol–water partition coefficient (Wildman–Crippen LogP) is 1.08. The zero-order chi connectivity index (χ0) is 15.4. The predicted molar refractivity (Wildman–Crippen MR) is 86.6 cm³/mol. The van der Waals surface area contributed by atoms with Crippen LogP contribution in [0.4, 0.5) is 5.69 Å². The summed E-state index contributed by atoms with van der Waals surface area (Å²) in [5.74, 6) is 0.149. The summed E-state index contributed by atoms with van der Waals surface area (Å²) in [5, 5.41) is 11.7. The van der Waals surface area contributed by atoms with Gasteiger partial charge in [0.1, 0.15) is 0 Å². The van der Waals surface area contributed by atoms with Crippen LogP contribution in [0, 0.1) is 0 Å². The van der Waals surface area contributed by atoms with E-state index in [1.807, 2.05) is 24.3 Å². The number of ether oxygens (including phenoxy) is 1. The molecule has 2 fully saturated rings. The molecule has 0 bridgehead atoms. The summed E-state index contributed by atoms with van der Waals surface area (Å²) in [6.45, 7) is 6.10. The lowest BCUT2D eigenvalue weighted by Gasteiger charge is -2.41. The van der Waals surface area contributed by atoms with E-state index in [-0.39, 0.29) is 5.84 Å². The van der Waals surface area contributed by atoms with Crippen LogP contribution in [0.25, 0.3) is 0 Å². The standard InChI is InChI=1S/C16H24N4O2/c17-16(18-21)13-1-3-14(4-2-13)19-7-9-20(10-8-19)15-5-11-22-12-6-15/h1-4,15,21H,5-12H2,(H2,17,18). The monoisotopic (exact) mass is 304 g/mol. The molecule has 0 saturated carbocycles. The van der Waals surface area contributed by atoms with E-state index in [9.17, 15) is 0 Å². The summed E-state index contributed by atoms with van der Waals surface area (Å²) in [6, 6.07) is 8.57. The van der Waals surface area contributed by atoms with Gasteiger partial charge in [0.05, 0.1) is 0 Å². The fraction of sp³-hybridized carbons (Fsp3) is 0.562. The molecule has 6 nitrogen and oxygen atoms in total. The molecule has 120 valence electrons. The average Bonchev–Trinajstić information content (AvgIpc) is 2.62. The molecular formula is C16H24N4O2. The van der Waals surface area contributed by atoms with Crippen LogP contribution in [-0.2, 0) is 4.74 Å². The van der Waals surface area contributed by atoms with Crippen LogP contribution in [0.3, 0.4) is 0 Å². The third kappa shape index (κ3) is 3.34. The molecule has 2 saturated heterocycles. The van der Waals surface area contributed by atoms with Crippen molar-refractivity contribution >= 4 is 11.5 Å². The lowest BCUT2D eigenvalue weighted by atomic mass is 10.1. The van der Waals surface area contributed by atoms with Crippen molar-refractivity contribution in [1.82, 2.24) is 4.90 Å². The van der Waals surface area contributed by atoms with Crippen LogP contribution >= 0.6 is 0 Å². The number of oxime groups is 1. The fourth-order valence-corrected chi connectivity index (χ4v) is 3.30. The van der Waals surface area contributed by atoms with Gasteiger partial charge in [-0.1, -0.05) is 5.16 Å². The molecule has 0 radical (unpaired) electrons. The molecule has 22 heavy (non-hydrogen) atoms. The van der Waals surface area contributed by atoms with Gasteiger partial charge in [-0.25, -0.2) is 0 Å². The van der Waals surface area contributed by atoms with Gasteiger partial charge in [-0.3, -0.25) is 4.90 Å². The third-order valence-corrected chi connectivity index (χ3v) is 4.66. The average molecular weight is 304 g/mol. The van der Waals surface area contributed by atoms with Crippen molar-refractivity contribution in [1.29, 1.82) is 0 Å². The van der Waals surface area contributed by atoms with Gasteiger partial charge >= 0.3 is 0 Å². The molecule has 0 atom stereocenters. The molecule has 2 heterocycles. The Morgan fingerprint density at radius 3 is 2.32 bits per heavy atom. The molecule has 3 N–H and O–H groups in total. The Labute approximate surface area is 131 Å². The Hall–Kier alpha value is -1.79. The summed E-state index contributed by atoms with van der Waals surface area (Å²) < 4.78 is 5.45. The Balaban J connectivity index is 1.56. The Morgan fingerprint density at radius 2 is 1.73 bits per heavy atom. The number of piperazine rings is 1. The molecular weight excluding hydrogens is 280 g/mol. The van der Waals surface area contributed by atoms with Crippen LogP contribution in [0.15, 0.2) is 29.4 Å². The first-order valence-electron chi connectivity index (χ1n) is 7.92. The Morgan fingerprint density at radius 1 is 1.09 bits per heavy atom. The van der Waals surface area contributed by atoms with Crippen molar-refractivity contribution in [3.05, 3.63) is 29.8 Å². The second kappa shape index (κ2) is 6.98. The van der Waals surface area contributed by atoms with E-state index in [0.717, 1.165) is 57.8 Å². The molecule has 1 aromatic carbocycles. The van der Waals surface area contributed by atoms with Crippen LogP contribution < -0.4 is 10.6 Å². The molecule has 2 aliphatic rings. The minimum atomic E-state index is 0.149. The minimum absolute atomic E-state index is 0.149. The van der Waals surface area contributed by atoms with E-state index < -0.39 is 0 Å². The topological polar surface area (TPSA) is 74.3 Å². The van der Waals surface area contributed by atoms with E-state index >= 15 is 0 Å². The van der Waals surface area contributed by atoms with Gasteiger partial charge in [0.15, 0.2) is 5.84 Å². The van der Waals surface area contributed by atoms with Crippen LogP contribution in [-0.4, -0.2) is 61.4 Å². The van der Waals surface area contributed by atoms with E-state index in [2.05, 4.69) is 15.0 Å². The molecule has 0 amide bonds. The van der Waals surface area contributed by atoms with Crippen molar-refractivity contribution in [2.45, 2.75) is 18.9 Å². The zero-order valence-corrected chi connectivity index (χ0v) is 12.8. The first kappa shape index (κ1) is 15.1. The highest BCUT2D eigenvalue weighted by atomic mass is 16.5. The number of nitrogens with two attached hydrogens (primary N) is 1. The SMILES string of the molecule is NC(=NO)c1ccc(N2CCN(C3CCOCC3)CC2)cc1. The molecule has 0 unspecified atom stereocenters. The van der Waals surface area contributed by atoms with Crippen molar-refractivity contribution in [3.63, 3.8) is 0 Å². The maximum atomic E-state index is 8.70. The molecule has 6 heteroatoms. The summed E-state index contributed by atoms with van der Waals surface area (Å²) in [7, 11) is 0. The second-order valence-electron chi connectivity index (χ2n) is 5.90. The number of benzene rings is 1. The second-order valence-corrected chi connectivity index (χ2v) is 5.90. The van der Waals surface area contributed by atoms with Crippen molar-refractivity contribution in [2.75, 3.05) is 44.3 Å². The smallest absolute Gasteiger partial charge is 0.170 e. The summed E-state index contributed by atoms with van der Waals surface area (Å²) >= 11 is 0. The number of rotatable bonds is 3. The quantitative estimate of drug-likeness (QED) is 0.378. The molecule has 0 aliphatic carbocycles. The van der Waals surface area contributed by atoms with Crippen LogP contribution in [0.5, 0.6) is 0 Å². The van der Waals surface area contributed by atoms with Crippen LogP contribution in [0.1, 0.15) is 18.4 Å². The summed E-state index contributed by atoms with van der Waals surface area (Å²) in [5.41, 5.74) is 7.53. The third-order valence-electron chi connectivity index (χ3n) is 4.66. The van der Waals surface area contributed by atoms with Crippen molar-refractivity contribution in [3.8, 4) is 0 Å². The molecule has 2 aliphatic heterocycles. The lowest BCUT2D eigenvalue weighted by Crippen LogP contribution is -2.51. The maximum absolute atomic E-state index is 8.70. The minimum Gasteiger partial charge on any atom is -0.409 e. The lowest BCUT2D eigenvalue weighted by molar-refractivity contribution is 0.0321. The Bertz CT molecular complexity index is 503. The molecule has 1 aromatic rings. The highest BCUT2D eigenvalue weighted by molar-refractivity contribution is 5.97. The van der Waals surface area contributed by atoms with Crippen molar-refractivity contribution in [2.24, 2.45) is 10.9 Å². The van der Waals surface area contributed by atoms with Crippen molar-refractivity contribution < 1.29 is 9.94 Å². The van der Waals surface area contributed by atoms with E-state index in [0.29, 0.717) is 6.04 Å². The number of anilines is 1. The van der Waals surface area contributed by atoms with Gasteiger partial charge in [0.25, 0.3) is 0 Å². The number of hydrogen-bond donors (Lipinski definition) is 2. The van der Waals surface area contributed by atoms with Gasteiger partial charge in [-0.2, -0.15) is 0 Å². The van der Waals surface area contributed by atoms with E-state index in [1.54, 1.807) is 0 Å². The molecule has 0 aromatic heterocycles. The van der Waals surface area contributed by atoms with E-state index in [1.165, 1.54) is 5.69 Å². The number of nitrogens with zero attached hydrogens (tertiary/aromatic N) is 3. The van der Waals surface area contributed by atoms with Gasteiger partial charge < -0.3 is 20.6 Å². The summed E-state index contributed by atoms with van der Waals surface area (Å²) in [6.07, 6.45) is 2.32. The highest BCUT2D eigenvalue weighted by Crippen LogP contribution is 2.21. The maximum Gasteiger partial charge on any atom is 0.170 e. The van der Waals surface area contributed by atoms with Gasteiger partial charge in [0, 0.05) is 56.7 Å². The molecule has 0 spiro atoms. The fourth-order valence-electron chi connectivity index (χ4n) is 3.30. The largest absolute Gasteiger partial charge is 0.409 e. The van der Waals surface area contributed by atoms with Crippen LogP contribution in [0.2, 0.25) is 0 Å². The number of hydrogen-bond acceptors (Lipinski definition) is 5. The zero-order valence-electron chi connectivity index (χ0n) is 12.8. The van der Waals surface area contributed by atoms with Gasteiger partial charge in [0.2, 0.25) is 0 Å². The highest BCUT2D eigenvalue weighted by Gasteiger charge is 2.25. The first-order chi connectivity index (χ1) is 10.8. The molecule has 3 rings (SSSR count). The van der Waals surface area contributed by atoms with E-state index in [4.69, 9.17) is 15.7 Å². The first-order valence-corrected chi connectivity index (χ1v) is 7.92. The summed E-state index contributed by atoms with van der Waals surface area (Å²) in [4.78, 5) is 5.00. The van der Waals surface area contributed by atoms with Gasteiger partial charge in [-0.15, -0.1) is 0 Å².